The van der Waals surface area contributed by atoms with Crippen molar-refractivity contribution in [3.63, 3.8) is 0 Å². The van der Waals surface area contributed by atoms with Crippen molar-refractivity contribution in [1.29, 1.82) is 0 Å². The van der Waals surface area contributed by atoms with E-state index in [9.17, 15) is 0 Å². The molecule has 1 aliphatic heterocycles. The second kappa shape index (κ2) is 5.06. The topological polar surface area (TPSA) is 6.48 Å². The van der Waals surface area contributed by atoms with Gasteiger partial charge in [0.2, 0.25) is 0 Å². The highest BCUT2D eigenvalue weighted by atomic mass is 15.1. The van der Waals surface area contributed by atoms with Gasteiger partial charge in [-0.05, 0) is 50.2 Å². The Labute approximate surface area is 114 Å². The minimum Gasteiger partial charge on any atom is -0.347 e. The minimum atomic E-state index is 1.07. The van der Waals surface area contributed by atoms with Crippen LogP contribution in [0.5, 0.6) is 0 Å². The van der Waals surface area contributed by atoms with E-state index in [1.165, 1.54) is 28.4 Å². The van der Waals surface area contributed by atoms with Gasteiger partial charge in [-0.1, -0.05) is 30.3 Å². The Bertz CT molecular complexity index is 608. The maximum absolute atomic E-state index is 2.37. The molecule has 2 aromatic carbocycles. The van der Waals surface area contributed by atoms with Gasteiger partial charge in [0, 0.05) is 23.8 Å². The van der Waals surface area contributed by atoms with Crippen molar-refractivity contribution >= 4 is 22.5 Å². The zero-order valence-electron chi connectivity index (χ0n) is 11.6. The molecule has 0 aliphatic carbocycles. The van der Waals surface area contributed by atoms with Gasteiger partial charge in [0.1, 0.15) is 0 Å². The molecule has 0 saturated heterocycles. The number of rotatable bonds is 4. The molecule has 0 atom stereocenters. The van der Waals surface area contributed by atoms with E-state index in [4.69, 9.17) is 0 Å². The fourth-order valence-electron chi connectivity index (χ4n) is 2.73. The molecule has 0 fully saturated rings. The number of benzene rings is 2. The quantitative estimate of drug-likeness (QED) is 0.820. The van der Waals surface area contributed by atoms with Gasteiger partial charge in [-0.25, -0.2) is 0 Å². The molecule has 3 rings (SSSR count). The summed E-state index contributed by atoms with van der Waals surface area (Å²) in [4.78, 5) is 4.61. The summed E-state index contributed by atoms with van der Waals surface area (Å²) in [5.41, 5.74) is 2.67. The van der Waals surface area contributed by atoms with Crippen LogP contribution >= 0.6 is 0 Å². The van der Waals surface area contributed by atoms with E-state index in [-0.39, 0.29) is 0 Å². The smallest absolute Gasteiger partial charge is 0.0491 e. The molecule has 0 spiro atoms. The summed E-state index contributed by atoms with van der Waals surface area (Å²) in [6.45, 7) is 2.20. The Morgan fingerprint density at radius 1 is 1.05 bits per heavy atom. The maximum Gasteiger partial charge on any atom is 0.0491 e. The largest absolute Gasteiger partial charge is 0.347 e. The van der Waals surface area contributed by atoms with E-state index < -0.39 is 0 Å². The number of anilines is 1. The van der Waals surface area contributed by atoms with Gasteiger partial charge < -0.3 is 9.80 Å². The fraction of sp³-hybridized carbons (Fsp3) is 0.294. The molecule has 2 heteroatoms. The van der Waals surface area contributed by atoms with E-state index in [2.05, 4.69) is 72.6 Å². The predicted molar refractivity (Wildman–Crippen MR) is 83.5 cm³/mol. The van der Waals surface area contributed by atoms with Crippen LogP contribution in [-0.2, 0) is 0 Å². The van der Waals surface area contributed by atoms with Crippen molar-refractivity contribution in [3.8, 4) is 0 Å². The highest BCUT2D eigenvalue weighted by Crippen LogP contribution is 2.34. The standard InChI is InChI=1S/C17H20N2/c1-18(2)11-5-12-19-13-10-15-7-3-6-14-8-4-9-16(19)17(14)15/h3-4,6-10,13H,5,11-12H2,1-2H3. The Kier molecular flexibility index (Phi) is 3.26. The second-order valence-electron chi connectivity index (χ2n) is 5.39. The van der Waals surface area contributed by atoms with Crippen molar-refractivity contribution in [2.45, 2.75) is 6.42 Å². The summed E-state index contributed by atoms with van der Waals surface area (Å²) in [5, 5.41) is 2.72. The molecule has 1 aliphatic rings. The third kappa shape index (κ3) is 2.36. The molecule has 0 bridgehead atoms. The van der Waals surface area contributed by atoms with Crippen LogP contribution in [0.3, 0.4) is 0 Å². The lowest BCUT2D eigenvalue weighted by molar-refractivity contribution is 0.402. The monoisotopic (exact) mass is 252 g/mol. The van der Waals surface area contributed by atoms with Crippen molar-refractivity contribution in [2.75, 3.05) is 32.1 Å². The molecule has 2 aromatic rings. The normalized spacial score (nSPS) is 13.5. The van der Waals surface area contributed by atoms with Gasteiger partial charge >= 0.3 is 0 Å². The Morgan fingerprint density at radius 3 is 2.63 bits per heavy atom. The van der Waals surface area contributed by atoms with Gasteiger partial charge in [-0.15, -0.1) is 0 Å². The Morgan fingerprint density at radius 2 is 1.84 bits per heavy atom. The summed E-state index contributed by atoms with van der Waals surface area (Å²) in [6.07, 6.45) is 5.62. The number of hydrogen-bond acceptors (Lipinski definition) is 2. The van der Waals surface area contributed by atoms with Gasteiger partial charge in [0.25, 0.3) is 0 Å². The van der Waals surface area contributed by atoms with E-state index in [1.54, 1.807) is 0 Å². The van der Waals surface area contributed by atoms with Crippen LogP contribution in [0, 0.1) is 0 Å². The average molecular weight is 252 g/mol. The Balaban J connectivity index is 1.91. The van der Waals surface area contributed by atoms with Crippen molar-refractivity contribution in [2.24, 2.45) is 0 Å². The van der Waals surface area contributed by atoms with E-state index >= 15 is 0 Å². The molecule has 98 valence electrons. The van der Waals surface area contributed by atoms with Crippen LogP contribution < -0.4 is 4.90 Å². The zero-order valence-corrected chi connectivity index (χ0v) is 11.6. The Hall–Kier alpha value is -1.80. The fourth-order valence-corrected chi connectivity index (χ4v) is 2.73. The third-order valence-electron chi connectivity index (χ3n) is 3.66. The SMILES string of the molecule is CN(C)CCCN1C=Cc2cccc3cccc1c23. The molecule has 2 nitrogen and oxygen atoms in total. The predicted octanol–water partition coefficient (Wildman–Crippen LogP) is 3.58. The molecule has 1 heterocycles. The first-order chi connectivity index (χ1) is 9.25. The lowest BCUT2D eigenvalue weighted by Gasteiger charge is -2.27. The van der Waals surface area contributed by atoms with E-state index in [0.717, 1.165) is 13.1 Å². The zero-order chi connectivity index (χ0) is 13.2. The van der Waals surface area contributed by atoms with E-state index in [1.807, 2.05) is 0 Å². The summed E-state index contributed by atoms with van der Waals surface area (Å²) in [6, 6.07) is 13.1. The maximum atomic E-state index is 2.37. The highest BCUT2D eigenvalue weighted by Gasteiger charge is 2.13. The lowest BCUT2D eigenvalue weighted by Crippen LogP contribution is -2.23. The molecule has 0 saturated carbocycles. The van der Waals surface area contributed by atoms with Crippen LogP contribution in [0.25, 0.3) is 16.8 Å². The van der Waals surface area contributed by atoms with Crippen molar-refractivity contribution < 1.29 is 0 Å². The van der Waals surface area contributed by atoms with Crippen LogP contribution in [0.15, 0.2) is 42.6 Å². The molecule has 0 N–H and O–H groups in total. The van der Waals surface area contributed by atoms with Gasteiger partial charge in [0.15, 0.2) is 0 Å². The summed E-state index contributed by atoms with van der Waals surface area (Å²) < 4.78 is 0. The van der Waals surface area contributed by atoms with E-state index in [0.29, 0.717) is 0 Å². The van der Waals surface area contributed by atoms with Crippen LogP contribution in [-0.4, -0.2) is 32.1 Å². The molecular formula is C17H20N2. The first-order valence-electron chi connectivity index (χ1n) is 6.87. The molecule has 0 amide bonds. The molecule has 0 radical (unpaired) electrons. The van der Waals surface area contributed by atoms with Crippen LogP contribution in [0.1, 0.15) is 12.0 Å². The molecule has 19 heavy (non-hydrogen) atoms. The second-order valence-corrected chi connectivity index (χ2v) is 5.39. The first kappa shape index (κ1) is 12.2. The van der Waals surface area contributed by atoms with Gasteiger partial charge in [-0.2, -0.15) is 0 Å². The van der Waals surface area contributed by atoms with Gasteiger partial charge in [-0.3, -0.25) is 0 Å². The van der Waals surface area contributed by atoms with Crippen molar-refractivity contribution in [1.82, 2.24) is 4.90 Å². The summed E-state index contributed by atoms with van der Waals surface area (Å²) >= 11 is 0. The minimum absolute atomic E-state index is 1.07. The van der Waals surface area contributed by atoms with Crippen molar-refractivity contribution in [3.05, 3.63) is 48.2 Å². The highest BCUT2D eigenvalue weighted by molar-refractivity contribution is 6.02. The molecule has 0 unspecified atom stereocenters. The number of hydrogen-bond donors (Lipinski definition) is 0. The number of nitrogens with zero attached hydrogens (tertiary/aromatic N) is 2. The van der Waals surface area contributed by atoms with Crippen LogP contribution in [0.2, 0.25) is 0 Å². The lowest BCUT2D eigenvalue weighted by atomic mass is 9.99. The van der Waals surface area contributed by atoms with Crippen LogP contribution in [0.4, 0.5) is 5.69 Å². The molecule has 0 aromatic heterocycles. The third-order valence-corrected chi connectivity index (χ3v) is 3.66. The molecular weight excluding hydrogens is 232 g/mol. The average Bonchev–Trinajstić information content (AvgIpc) is 2.41. The summed E-state index contributed by atoms with van der Waals surface area (Å²) in [7, 11) is 4.25. The first-order valence-corrected chi connectivity index (χ1v) is 6.87. The van der Waals surface area contributed by atoms with Gasteiger partial charge in [0.05, 0.1) is 0 Å². The summed E-state index contributed by atoms with van der Waals surface area (Å²) in [5.74, 6) is 0.